The Bertz CT molecular complexity index is 3310. The number of nitrogens with zero attached hydrogens (tertiary/aromatic N) is 2. The number of fused-ring (bicyclic) bond motifs is 6. The number of benzene rings is 4. The number of aromatic nitrogens is 2. The molecule has 2 aromatic heterocycles. The molecule has 3 saturated heterocycles. The van der Waals surface area contributed by atoms with Crippen molar-refractivity contribution < 1.29 is 0 Å². The molecule has 360 valence electrons. The molecule has 3 aliphatic heterocycles. The smallest absolute Gasteiger partial charge is 0.165 e. The molecule has 2 nitrogen and oxygen atoms in total. The maximum Gasteiger partial charge on any atom is 0.165 e. The van der Waals surface area contributed by atoms with Crippen LogP contribution >= 0.6 is 0 Å². The number of hydrogen-bond acceptors (Lipinski definition) is 0. The zero-order chi connectivity index (χ0) is 49.9. The van der Waals surface area contributed by atoms with E-state index in [0.29, 0.717) is 41.9 Å². The molecule has 5 heterocycles. The van der Waals surface area contributed by atoms with E-state index in [2.05, 4.69) is 249 Å². The van der Waals surface area contributed by atoms with Crippen LogP contribution in [0.5, 0.6) is 0 Å². The Morgan fingerprint density at radius 2 is 0.771 bits per heavy atom. The molecule has 6 aromatic rings. The maximum atomic E-state index is 2.78. The molecular weight excluding hydrogens is 844 g/mol. The van der Waals surface area contributed by atoms with Gasteiger partial charge in [0, 0.05) is 38.4 Å². The van der Waals surface area contributed by atoms with Gasteiger partial charge in [-0.25, -0.2) is 0 Å². The Hall–Kier alpha value is -5.02. The average Bonchev–Trinajstić information content (AvgIpc) is 3.78. The summed E-state index contributed by atoms with van der Waals surface area (Å²) in [6.07, 6.45) is 18.7. The second-order valence-electron chi connectivity index (χ2n) is 28.9. The van der Waals surface area contributed by atoms with Gasteiger partial charge in [0.1, 0.15) is 0 Å². The SMILES string of the molecule is CC1(C)C2=CC(n3c4ccc(C(C)(C)C)cc4c4cc(C(C)(C)C)ccc43)=CC3C2B2C4C1=CC(n1c5ccc(C(C)(C)C)cc5c5cc(C(C)(C)C)ccc51)=CC4C(C)(C)C1C=CC=C(C21)C3(C)C. The summed E-state index contributed by atoms with van der Waals surface area (Å²) in [6.45, 7) is 44.4. The minimum atomic E-state index is -0.179. The molecule has 0 spiro atoms. The Labute approximate surface area is 420 Å². The summed E-state index contributed by atoms with van der Waals surface area (Å²) in [6, 6.07) is 29.4. The van der Waals surface area contributed by atoms with E-state index in [1.54, 1.807) is 16.7 Å². The van der Waals surface area contributed by atoms with E-state index in [0.717, 1.165) is 0 Å². The summed E-state index contributed by atoms with van der Waals surface area (Å²) in [5.74, 6) is 2.60. The lowest BCUT2D eigenvalue weighted by Gasteiger charge is -2.69. The monoisotopic (exact) mass is 923 g/mol. The van der Waals surface area contributed by atoms with Crippen LogP contribution in [0.4, 0.5) is 0 Å². The predicted molar refractivity (Wildman–Crippen MR) is 304 cm³/mol. The average molecular weight is 923 g/mol. The van der Waals surface area contributed by atoms with Gasteiger partial charge in [-0.2, -0.15) is 0 Å². The molecule has 0 bridgehead atoms. The van der Waals surface area contributed by atoms with Gasteiger partial charge in [0.2, 0.25) is 0 Å². The standard InChI is InChI=1S/C67H79BN2/c1-61(2,3)38-22-26-54-44(30-38)45-31-39(62(4,5)6)23-27-55(45)69(54)42-34-50-59-52(36-42)67(17,18)53-37-43(35-51-60(53)68(59)58-48(65(50,13)14)20-19-21-49(58)66(51,15)16)70-56-28-24-40(63(7,8)9)32-46(56)47-33-41(64(10,11)12)25-29-57(47)70/h19-37,48,50-51,58-60H,1-18H3. The van der Waals surface area contributed by atoms with E-state index in [9.17, 15) is 0 Å². The van der Waals surface area contributed by atoms with Crippen LogP contribution in [0.25, 0.3) is 55.0 Å². The van der Waals surface area contributed by atoms with Crippen LogP contribution in [-0.2, 0) is 21.7 Å². The molecular formula is C67H79BN2. The molecule has 3 fully saturated rings. The van der Waals surface area contributed by atoms with Crippen molar-refractivity contribution in [2.45, 2.75) is 164 Å². The van der Waals surface area contributed by atoms with E-state index in [-0.39, 0.29) is 37.9 Å². The fraction of sp³-hybridized carbons (Fsp3) is 0.463. The summed E-state index contributed by atoms with van der Waals surface area (Å²) < 4.78 is 5.33. The third kappa shape index (κ3) is 6.24. The summed E-state index contributed by atoms with van der Waals surface area (Å²) >= 11 is 0. The normalized spacial score (nSPS) is 26.5. The van der Waals surface area contributed by atoms with Gasteiger partial charge in [0.05, 0.1) is 22.1 Å². The van der Waals surface area contributed by atoms with Gasteiger partial charge in [-0.1, -0.05) is 196 Å². The Kier molecular flexibility index (Phi) is 9.31. The summed E-state index contributed by atoms with van der Waals surface area (Å²) in [7, 11) is 0. The molecule has 3 aliphatic carbocycles. The van der Waals surface area contributed by atoms with Gasteiger partial charge >= 0.3 is 0 Å². The lowest BCUT2D eigenvalue weighted by Crippen LogP contribution is -2.63. The molecule has 3 heteroatoms. The summed E-state index contributed by atoms with van der Waals surface area (Å²) in [5, 5.41) is 5.45. The highest BCUT2D eigenvalue weighted by Crippen LogP contribution is 2.77. The van der Waals surface area contributed by atoms with Gasteiger partial charge < -0.3 is 9.13 Å². The largest absolute Gasteiger partial charge is 0.310 e. The molecule has 70 heavy (non-hydrogen) atoms. The molecule has 0 N–H and O–H groups in total. The van der Waals surface area contributed by atoms with Crippen LogP contribution < -0.4 is 0 Å². The van der Waals surface area contributed by atoms with E-state index in [1.165, 1.54) is 77.3 Å². The molecule has 6 unspecified atom stereocenters. The molecule has 0 radical (unpaired) electrons. The van der Waals surface area contributed by atoms with Crippen molar-refractivity contribution in [1.29, 1.82) is 0 Å². The van der Waals surface area contributed by atoms with Crippen molar-refractivity contribution in [3.63, 3.8) is 0 Å². The lowest BCUT2D eigenvalue weighted by atomic mass is 9.10. The van der Waals surface area contributed by atoms with Crippen molar-refractivity contribution in [2.75, 3.05) is 0 Å². The lowest BCUT2D eigenvalue weighted by molar-refractivity contribution is 0.120. The van der Waals surface area contributed by atoms with E-state index in [1.807, 2.05) is 0 Å². The molecule has 0 saturated carbocycles. The van der Waals surface area contributed by atoms with Gasteiger partial charge in [-0.05, 0) is 151 Å². The van der Waals surface area contributed by atoms with Crippen LogP contribution in [0.3, 0.4) is 0 Å². The van der Waals surface area contributed by atoms with E-state index < -0.39 is 0 Å². The van der Waals surface area contributed by atoms with Crippen LogP contribution in [0, 0.1) is 34.0 Å². The van der Waals surface area contributed by atoms with Gasteiger partial charge in [0.25, 0.3) is 0 Å². The quantitative estimate of drug-likeness (QED) is 0.153. The fourth-order valence-corrected chi connectivity index (χ4v) is 15.5. The topological polar surface area (TPSA) is 9.86 Å². The highest BCUT2D eigenvalue weighted by Gasteiger charge is 2.69. The second-order valence-corrected chi connectivity index (χ2v) is 28.9. The van der Waals surface area contributed by atoms with Crippen LogP contribution in [0.2, 0.25) is 17.5 Å². The van der Waals surface area contributed by atoms with Crippen LogP contribution in [0.1, 0.15) is 147 Å². The minimum Gasteiger partial charge on any atom is -0.310 e. The first-order chi connectivity index (χ1) is 32.5. The first kappa shape index (κ1) is 46.1. The second kappa shape index (κ2) is 14.1. The van der Waals surface area contributed by atoms with Gasteiger partial charge in [-0.15, -0.1) is 0 Å². The number of rotatable bonds is 2. The molecule has 6 atom stereocenters. The molecule has 4 aromatic carbocycles. The van der Waals surface area contributed by atoms with Crippen LogP contribution in [-0.4, -0.2) is 15.8 Å². The summed E-state index contributed by atoms with van der Waals surface area (Å²) in [5.41, 5.74) is 18.5. The molecule has 12 rings (SSSR count). The van der Waals surface area contributed by atoms with Crippen molar-refractivity contribution in [3.05, 3.63) is 154 Å². The Morgan fingerprint density at radius 3 is 1.14 bits per heavy atom. The predicted octanol–water partition coefficient (Wildman–Crippen LogP) is 18.4. The highest BCUT2D eigenvalue weighted by molar-refractivity contribution is 6.68. The number of hydrogen-bond donors (Lipinski definition) is 0. The minimum absolute atomic E-state index is 0.0200. The fourth-order valence-electron chi connectivity index (χ4n) is 15.5. The van der Waals surface area contributed by atoms with Gasteiger partial charge in [0.15, 0.2) is 6.71 Å². The van der Waals surface area contributed by atoms with Crippen molar-refractivity contribution in [2.24, 2.45) is 34.0 Å². The third-order valence-corrected chi connectivity index (χ3v) is 19.6. The first-order valence-corrected chi connectivity index (χ1v) is 27.0. The van der Waals surface area contributed by atoms with E-state index in [4.69, 9.17) is 0 Å². The molecule has 6 aliphatic rings. The Morgan fingerprint density at radius 1 is 0.429 bits per heavy atom. The third-order valence-electron chi connectivity index (χ3n) is 19.6. The zero-order valence-corrected chi connectivity index (χ0v) is 45.9. The summed E-state index contributed by atoms with van der Waals surface area (Å²) in [4.78, 5) is 0. The van der Waals surface area contributed by atoms with Crippen molar-refractivity contribution >= 4 is 61.7 Å². The maximum absolute atomic E-state index is 2.78. The van der Waals surface area contributed by atoms with Crippen molar-refractivity contribution in [1.82, 2.24) is 9.13 Å². The first-order valence-electron chi connectivity index (χ1n) is 27.0. The zero-order valence-electron chi connectivity index (χ0n) is 45.9. The highest BCUT2D eigenvalue weighted by atomic mass is 15.0. The van der Waals surface area contributed by atoms with Gasteiger partial charge in [-0.3, -0.25) is 0 Å². The van der Waals surface area contributed by atoms with Crippen molar-refractivity contribution in [3.8, 4) is 0 Å². The number of allylic oxidation sites excluding steroid dienone is 12. The Balaban J connectivity index is 1.12. The van der Waals surface area contributed by atoms with Crippen LogP contribution in [0.15, 0.2) is 132 Å². The van der Waals surface area contributed by atoms with E-state index >= 15 is 0 Å². The molecule has 0 amide bonds.